The van der Waals surface area contributed by atoms with E-state index < -0.39 is 0 Å². The Morgan fingerprint density at radius 2 is 2.19 bits per heavy atom. The van der Waals surface area contributed by atoms with E-state index in [9.17, 15) is 0 Å². The highest BCUT2D eigenvalue weighted by atomic mass is 79.9. The SMILES string of the molecule is CC(C)NC1CC(C)Sc2ccc(Br)cc21. The normalized spacial score (nSPS) is 24.6. The summed E-state index contributed by atoms with van der Waals surface area (Å²) in [6.45, 7) is 6.73. The van der Waals surface area contributed by atoms with Crippen LogP contribution in [0.1, 0.15) is 38.8 Å². The van der Waals surface area contributed by atoms with Crippen LogP contribution >= 0.6 is 27.7 Å². The van der Waals surface area contributed by atoms with E-state index in [0.717, 1.165) is 0 Å². The summed E-state index contributed by atoms with van der Waals surface area (Å²) in [7, 11) is 0. The zero-order valence-electron chi connectivity index (χ0n) is 9.96. The minimum Gasteiger partial charge on any atom is -0.308 e. The topological polar surface area (TPSA) is 12.0 Å². The lowest BCUT2D eigenvalue weighted by Gasteiger charge is -2.31. The molecule has 1 aromatic rings. The Labute approximate surface area is 111 Å². The predicted octanol–water partition coefficient (Wildman–Crippen LogP) is 4.37. The molecule has 0 aromatic heterocycles. The molecular weight excluding hydrogens is 282 g/mol. The van der Waals surface area contributed by atoms with Gasteiger partial charge < -0.3 is 5.32 Å². The van der Waals surface area contributed by atoms with E-state index >= 15 is 0 Å². The minimum atomic E-state index is 0.503. The molecule has 0 spiro atoms. The summed E-state index contributed by atoms with van der Waals surface area (Å²) >= 11 is 5.55. The lowest BCUT2D eigenvalue weighted by atomic mass is 10.0. The number of thioether (sulfide) groups is 1. The molecule has 0 fully saturated rings. The van der Waals surface area contributed by atoms with Crippen LogP contribution in [0.3, 0.4) is 0 Å². The molecule has 3 heteroatoms. The Kier molecular flexibility index (Phi) is 3.98. The molecule has 2 atom stereocenters. The first-order valence-corrected chi connectivity index (χ1v) is 7.45. The lowest BCUT2D eigenvalue weighted by Crippen LogP contribution is -2.32. The van der Waals surface area contributed by atoms with Crippen LogP contribution in [0.5, 0.6) is 0 Å². The van der Waals surface area contributed by atoms with E-state index in [1.807, 2.05) is 11.8 Å². The summed E-state index contributed by atoms with van der Waals surface area (Å²) < 4.78 is 1.18. The van der Waals surface area contributed by atoms with Crippen LogP contribution in [0.4, 0.5) is 0 Å². The van der Waals surface area contributed by atoms with E-state index in [1.165, 1.54) is 21.4 Å². The van der Waals surface area contributed by atoms with Crippen molar-refractivity contribution in [3.05, 3.63) is 28.2 Å². The van der Waals surface area contributed by atoms with E-state index in [0.29, 0.717) is 17.3 Å². The maximum atomic E-state index is 3.66. The fourth-order valence-electron chi connectivity index (χ4n) is 2.18. The second kappa shape index (κ2) is 5.11. The van der Waals surface area contributed by atoms with Crippen LogP contribution in [-0.2, 0) is 0 Å². The fraction of sp³-hybridized carbons (Fsp3) is 0.538. The predicted molar refractivity (Wildman–Crippen MR) is 75.1 cm³/mol. The lowest BCUT2D eigenvalue weighted by molar-refractivity contribution is 0.442. The number of hydrogen-bond acceptors (Lipinski definition) is 2. The number of rotatable bonds is 2. The quantitative estimate of drug-likeness (QED) is 0.870. The van der Waals surface area contributed by atoms with Gasteiger partial charge in [0.05, 0.1) is 0 Å². The van der Waals surface area contributed by atoms with Gasteiger partial charge in [0, 0.05) is 26.7 Å². The highest BCUT2D eigenvalue weighted by Gasteiger charge is 2.25. The Hall–Kier alpha value is 0.01000. The molecule has 0 saturated carbocycles. The van der Waals surface area contributed by atoms with Crippen LogP contribution in [0.15, 0.2) is 27.6 Å². The highest BCUT2D eigenvalue weighted by Crippen LogP contribution is 2.41. The molecule has 1 aliphatic rings. The molecule has 0 radical (unpaired) electrons. The maximum absolute atomic E-state index is 3.66. The second-order valence-electron chi connectivity index (χ2n) is 4.72. The van der Waals surface area contributed by atoms with Gasteiger partial charge >= 0.3 is 0 Å². The van der Waals surface area contributed by atoms with Gasteiger partial charge in [-0.15, -0.1) is 11.8 Å². The third-order valence-corrected chi connectivity index (χ3v) is 4.49. The average molecular weight is 300 g/mol. The largest absolute Gasteiger partial charge is 0.308 e. The molecule has 88 valence electrons. The summed E-state index contributed by atoms with van der Waals surface area (Å²) in [5, 5.41) is 4.36. The van der Waals surface area contributed by atoms with Gasteiger partial charge in [-0.3, -0.25) is 0 Å². The number of fused-ring (bicyclic) bond motifs is 1. The van der Waals surface area contributed by atoms with Gasteiger partial charge in [0.2, 0.25) is 0 Å². The van der Waals surface area contributed by atoms with Gasteiger partial charge in [0.1, 0.15) is 0 Å². The second-order valence-corrected chi connectivity index (χ2v) is 7.12. The molecule has 16 heavy (non-hydrogen) atoms. The van der Waals surface area contributed by atoms with Gasteiger partial charge in [-0.1, -0.05) is 36.7 Å². The number of hydrogen-bond donors (Lipinski definition) is 1. The standard InChI is InChI=1S/C13H18BrNS/c1-8(2)15-12-6-9(3)16-13-5-4-10(14)7-11(12)13/h4-5,7-9,12,15H,6H2,1-3H3. The molecule has 0 saturated heterocycles. The number of benzene rings is 1. The van der Waals surface area contributed by atoms with Gasteiger partial charge in [-0.2, -0.15) is 0 Å². The fourth-order valence-corrected chi connectivity index (χ4v) is 3.77. The first kappa shape index (κ1) is 12.5. The summed E-state index contributed by atoms with van der Waals surface area (Å²) in [6, 6.07) is 7.66. The van der Waals surface area contributed by atoms with Crippen LogP contribution in [-0.4, -0.2) is 11.3 Å². The molecule has 2 rings (SSSR count). The van der Waals surface area contributed by atoms with Crippen molar-refractivity contribution >= 4 is 27.7 Å². The van der Waals surface area contributed by atoms with Gasteiger partial charge in [-0.05, 0) is 30.2 Å². The van der Waals surface area contributed by atoms with E-state index in [2.05, 4.69) is 60.2 Å². The molecule has 1 aromatic carbocycles. The molecular formula is C13H18BrNS. The molecule has 0 bridgehead atoms. The van der Waals surface area contributed by atoms with Crippen molar-refractivity contribution in [2.24, 2.45) is 0 Å². The smallest absolute Gasteiger partial charge is 0.0344 e. The maximum Gasteiger partial charge on any atom is 0.0344 e. The van der Waals surface area contributed by atoms with E-state index in [4.69, 9.17) is 0 Å². The van der Waals surface area contributed by atoms with Gasteiger partial charge in [-0.25, -0.2) is 0 Å². The first-order chi connectivity index (χ1) is 7.56. The zero-order valence-corrected chi connectivity index (χ0v) is 12.4. The Morgan fingerprint density at radius 1 is 1.44 bits per heavy atom. The first-order valence-electron chi connectivity index (χ1n) is 5.78. The molecule has 0 aliphatic carbocycles. The molecule has 1 N–H and O–H groups in total. The Balaban J connectivity index is 2.31. The van der Waals surface area contributed by atoms with Gasteiger partial charge in [0.25, 0.3) is 0 Å². The Bertz CT molecular complexity index is 378. The zero-order chi connectivity index (χ0) is 11.7. The monoisotopic (exact) mass is 299 g/mol. The number of nitrogens with one attached hydrogen (secondary N) is 1. The van der Waals surface area contributed by atoms with Crippen molar-refractivity contribution in [2.75, 3.05) is 0 Å². The Morgan fingerprint density at radius 3 is 2.88 bits per heavy atom. The van der Waals surface area contributed by atoms with Crippen LogP contribution in [0.2, 0.25) is 0 Å². The molecule has 1 aliphatic heterocycles. The van der Waals surface area contributed by atoms with Gasteiger partial charge in [0.15, 0.2) is 0 Å². The number of halogens is 1. The van der Waals surface area contributed by atoms with Crippen LogP contribution in [0.25, 0.3) is 0 Å². The molecule has 1 nitrogen and oxygen atoms in total. The van der Waals surface area contributed by atoms with Crippen LogP contribution < -0.4 is 5.32 Å². The van der Waals surface area contributed by atoms with Crippen molar-refractivity contribution in [1.82, 2.24) is 5.32 Å². The van der Waals surface area contributed by atoms with Crippen molar-refractivity contribution in [1.29, 1.82) is 0 Å². The van der Waals surface area contributed by atoms with E-state index in [-0.39, 0.29) is 0 Å². The van der Waals surface area contributed by atoms with Crippen molar-refractivity contribution < 1.29 is 0 Å². The third kappa shape index (κ3) is 2.82. The van der Waals surface area contributed by atoms with Crippen molar-refractivity contribution in [2.45, 2.75) is 49.4 Å². The van der Waals surface area contributed by atoms with E-state index in [1.54, 1.807) is 0 Å². The van der Waals surface area contributed by atoms with Crippen molar-refractivity contribution in [3.63, 3.8) is 0 Å². The van der Waals surface area contributed by atoms with Crippen LogP contribution in [0, 0.1) is 0 Å². The summed E-state index contributed by atoms with van der Waals surface area (Å²) in [4.78, 5) is 1.43. The summed E-state index contributed by atoms with van der Waals surface area (Å²) in [5.74, 6) is 0. The molecule has 2 unspecified atom stereocenters. The van der Waals surface area contributed by atoms with Crippen molar-refractivity contribution in [3.8, 4) is 0 Å². The third-order valence-electron chi connectivity index (χ3n) is 2.78. The molecule has 0 amide bonds. The summed E-state index contributed by atoms with van der Waals surface area (Å²) in [6.07, 6.45) is 1.21. The minimum absolute atomic E-state index is 0.503. The molecule has 1 heterocycles. The highest BCUT2D eigenvalue weighted by molar-refractivity contribution is 9.10. The summed E-state index contributed by atoms with van der Waals surface area (Å²) in [5.41, 5.74) is 1.45. The average Bonchev–Trinajstić information content (AvgIpc) is 2.18.